The zero-order valence-electron chi connectivity index (χ0n) is 13.1. The van der Waals surface area contributed by atoms with Crippen LogP contribution in [0.15, 0.2) is 6.07 Å². The average molecular weight is 290 g/mol. The first-order valence-corrected chi connectivity index (χ1v) is 8.08. The van der Waals surface area contributed by atoms with Gasteiger partial charge in [0.2, 0.25) is 0 Å². The molecule has 2 aliphatic rings. The summed E-state index contributed by atoms with van der Waals surface area (Å²) in [4.78, 5) is 11.4. The first kappa shape index (κ1) is 14.7. The summed E-state index contributed by atoms with van der Waals surface area (Å²) in [5.74, 6) is 2.57. The molecule has 2 saturated heterocycles. The number of ether oxygens (including phenoxy) is 1. The Balaban J connectivity index is 1.46. The van der Waals surface area contributed by atoms with Crippen molar-refractivity contribution < 1.29 is 4.74 Å². The fraction of sp³-hybridized carbons (Fsp3) is 0.750. The second kappa shape index (κ2) is 6.71. The predicted molar refractivity (Wildman–Crippen MR) is 83.5 cm³/mol. The third-order valence-electron chi connectivity index (χ3n) is 4.45. The summed E-state index contributed by atoms with van der Waals surface area (Å²) < 4.78 is 5.47. The third-order valence-corrected chi connectivity index (χ3v) is 4.45. The monoisotopic (exact) mass is 290 g/mol. The summed E-state index contributed by atoms with van der Waals surface area (Å²) in [5.41, 5.74) is 1.03. The predicted octanol–water partition coefficient (Wildman–Crippen LogP) is 2.01. The lowest BCUT2D eigenvalue weighted by Gasteiger charge is -2.33. The Kier molecular flexibility index (Phi) is 4.70. The van der Waals surface area contributed by atoms with Gasteiger partial charge in [0, 0.05) is 44.0 Å². The second-order valence-electron chi connectivity index (χ2n) is 6.39. The van der Waals surface area contributed by atoms with Gasteiger partial charge in [0.15, 0.2) is 0 Å². The first-order chi connectivity index (χ1) is 10.2. The normalized spacial score (nSPS) is 24.4. The lowest BCUT2D eigenvalue weighted by Crippen LogP contribution is -2.41. The van der Waals surface area contributed by atoms with E-state index in [9.17, 15) is 0 Å². The van der Waals surface area contributed by atoms with Crippen molar-refractivity contribution in [1.82, 2.24) is 14.9 Å². The highest BCUT2D eigenvalue weighted by molar-refractivity contribution is 5.36. The molecule has 0 bridgehead atoms. The number of piperidine rings is 1. The van der Waals surface area contributed by atoms with E-state index in [1.54, 1.807) is 0 Å². The number of rotatable bonds is 4. The topological polar surface area (TPSA) is 50.3 Å². The number of anilines is 1. The van der Waals surface area contributed by atoms with Crippen LogP contribution in [0.4, 0.5) is 5.82 Å². The Morgan fingerprint density at radius 1 is 1.24 bits per heavy atom. The molecule has 0 radical (unpaired) electrons. The van der Waals surface area contributed by atoms with Gasteiger partial charge in [-0.2, -0.15) is 0 Å². The molecular formula is C16H26N4O. The van der Waals surface area contributed by atoms with E-state index in [2.05, 4.69) is 20.2 Å². The van der Waals surface area contributed by atoms with E-state index >= 15 is 0 Å². The van der Waals surface area contributed by atoms with Gasteiger partial charge in [0.1, 0.15) is 11.6 Å². The van der Waals surface area contributed by atoms with E-state index in [0.717, 1.165) is 36.5 Å². The van der Waals surface area contributed by atoms with Crippen molar-refractivity contribution in [3.05, 3.63) is 17.6 Å². The van der Waals surface area contributed by atoms with Gasteiger partial charge < -0.3 is 15.0 Å². The Labute approximate surface area is 127 Å². The summed E-state index contributed by atoms with van der Waals surface area (Å²) >= 11 is 0. The number of hydrogen-bond acceptors (Lipinski definition) is 5. The number of aryl methyl sites for hydroxylation is 2. The van der Waals surface area contributed by atoms with Gasteiger partial charge in [-0.15, -0.1) is 0 Å². The van der Waals surface area contributed by atoms with Crippen LogP contribution in [0.5, 0.6) is 0 Å². The summed E-state index contributed by atoms with van der Waals surface area (Å²) in [6.07, 6.45) is 3.61. The fourth-order valence-electron chi connectivity index (χ4n) is 3.35. The molecule has 5 nitrogen and oxygen atoms in total. The molecule has 2 fully saturated rings. The molecule has 0 spiro atoms. The molecule has 1 atom stereocenters. The van der Waals surface area contributed by atoms with E-state index in [1.165, 1.54) is 38.9 Å². The van der Waals surface area contributed by atoms with Crippen molar-refractivity contribution in [2.45, 2.75) is 39.2 Å². The van der Waals surface area contributed by atoms with Gasteiger partial charge in [-0.25, -0.2) is 9.97 Å². The van der Waals surface area contributed by atoms with E-state index < -0.39 is 0 Å². The van der Waals surface area contributed by atoms with Crippen molar-refractivity contribution in [3.63, 3.8) is 0 Å². The molecule has 3 heterocycles. The summed E-state index contributed by atoms with van der Waals surface area (Å²) in [5, 5.41) is 3.57. The molecule has 1 aromatic rings. The largest absolute Gasteiger partial charge is 0.381 e. The summed E-state index contributed by atoms with van der Waals surface area (Å²) in [6.45, 7) is 9.44. The SMILES string of the molecule is Cc1cc(NC2CCN(CC3CCOC3)CC2)nc(C)n1. The summed E-state index contributed by atoms with van der Waals surface area (Å²) in [6, 6.07) is 2.57. The van der Waals surface area contributed by atoms with Crippen LogP contribution in [0.25, 0.3) is 0 Å². The minimum absolute atomic E-state index is 0.537. The van der Waals surface area contributed by atoms with Gasteiger partial charge in [-0.05, 0) is 39.0 Å². The van der Waals surface area contributed by atoms with Crippen LogP contribution >= 0.6 is 0 Å². The van der Waals surface area contributed by atoms with E-state index in [0.29, 0.717) is 6.04 Å². The van der Waals surface area contributed by atoms with Crippen molar-refractivity contribution in [3.8, 4) is 0 Å². The lowest BCUT2D eigenvalue weighted by atomic mass is 10.0. The van der Waals surface area contributed by atoms with Gasteiger partial charge in [-0.3, -0.25) is 0 Å². The maximum absolute atomic E-state index is 5.47. The van der Waals surface area contributed by atoms with Gasteiger partial charge in [0.25, 0.3) is 0 Å². The number of nitrogens with one attached hydrogen (secondary N) is 1. The van der Waals surface area contributed by atoms with Crippen molar-refractivity contribution in [1.29, 1.82) is 0 Å². The second-order valence-corrected chi connectivity index (χ2v) is 6.39. The highest BCUT2D eigenvalue weighted by atomic mass is 16.5. The number of nitrogens with zero attached hydrogens (tertiary/aromatic N) is 3. The zero-order valence-corrected chi connectivity index (χ0v) is 13.1. The van der Waals surface area contributed by atoms with E-state index in [1.807, 2.05) is 19.9 Å². The third kappa shape index (κ3) is 4.14. The van der Waals surface area contributed by atoms with E-state index in [4.69, 9.17) is 4.74 Å². The molecule has 0 saturated carbocycles. The van der Waals surface area contributed by atoms with Crippen LogP contribution in [0.2, 0.25) is 0 Å². The molecule has 116 valence electrons. The van der Waals surface area contributed by atoms with Gasteiger partial charge in [-0.1, -0.05) is 0 Å². The molecule has 0 amide bonds. The molecule has 1 N–H and O–H groups in total. The quantitative estimate of drug-likeness (QED) is 0.919. The van der Waals surface area contributed by atoms with Crippen LogP contribution in [-0.4, -0.2) is 53.8 Å². The Morgan fingerprint density at radius 3 is 2.71 bits per heavy atom. The Bertz CT molecular complexity index is 445. The van der Waals surface area contributed by atoms with Gasteiger partial charge >= 0.3 is 0 Å². The fourth-order valence-corrected chi connectivity index (χ4v) is 3.35. The van der Waals surface area contributed by atoms with Gasteiger partial charge in [0.05, 0.1) is 6.61 Å². The standard InChI is InChI=1S/C16H26N4O/c1-12-9-16(18-13(2)17-12)19-15-3-6-20(7-4-15)10-14-5-8-21-11-14/h9,14-15H,3-8,10-11H2,1-2H3,(H,17,18,19). The minimum atomic E-state index is 0.537. The molecule has 1 unspecified atom stereocenters. The maximum atomic E-state index is 5.47. The first-order valence-electron chi connectivity index (χ1n) is 8.08. The van der Waals surface area contributed by atoms with Crippen LogP contribution in [0.3, 0.4) is 0 Å². The minimum Gasteiger partial charge on any atom is -0.381 e. The van der Waals surface area contributed by atoms with Crippen LogP contribution in [0.1, 0.15) is 30.8 Å². The van der Waals surface area contributed by atoms with Crippen molar-refractivity contribution in [2.24, 2.45) is 5.92 Å². The Hall–Kier alpha value is -1.20. The number of likely N-dealkylation sites (tertiary alicyclic amines) is 1. The highest BCUT2D eigenvalue weighted by Crippen LogP contribution is 2.19. The maximum Gasteiger partial charge on any atom is 0.130 e. The summed E-state index contributed by atoms with van der Waals surface area (Å²) in [7, 11) is 0. The van der Waals surface area contributed by atoms with E-state index in [-0.39, 0.29) is 0 Å². The number of aromatic nitrogens is 2. The molecule has 3 rings (SSSR count). The Morgan fingerprint density at radius 2 is 2.05 bits per heavy atom. The zero-order chi connectivity index (χ0) is 14.7. The van der Waals surface area contributed by atoms with Crippen LogP contribution < -0.4 is 5.32 Å². The van der Waals surface area contributed by atoms with Crippen molar-refractivity contribution in [2.75, 3.05) is 38.2 Å². The number of hydrogen-bond donors (Lipinski definition) is 1. The molecule has 0 aromatic carbocycles. The lowest BCUT2D eigenvalue weighted by molar-refractivity contribution is 0.154. The molecule has 21 heavy (non-hydrogen) atoms. The smallest absolute Gasteiger partial charge is 0.130 e. The van der Waals surface area contributed by atoms with Crippen molar-refractivity contribution >= 4 is 5.82 Å². The molecule has 1 aromatic heterocycles. The average Bonchev–Trinajstić information content (AvgIpc) is 2.93. The molecule has 0 aliphatic carbocycles. The van der Waals surface area contributed by atoms with Crippen LogP contribution in [-0.2, 0) is 4.74 Å². The molecule has 5 heteroatoms. The molecule has 2 aliphatic heterocycles. The molecular weight excluding hydrogens is 264 g/mol. The highest BCUT2D eigenvalue weighted by Gasteiger charge is 2.23. The van der Waals surface area contributed by atoms with Crippen LogP contribution in [0, 0.1) is 19.8 Å².